The number of carbonyl (C=O) groups excluding carboxylic acids is 1. The maximum Gasteiger partial charge on any atom is 0.243 e. The van der Waals surface area contributed by atoms with E-state index in [2.05, 4.69) is 10.2 Å². The molecule has 4 atom stereocenters. The van der Waals surface area contributed by atoms with E-state index in [0.717, 1.165) is 19.5 Å². The van der Waals surface area contributed by atoms with Gasteiger partial charge < -0.3 is 10.1 Å². The highest BCUT2D eigenvalue weighted by molar-refractivity contribution is 7.89. The van der Waals surface area contributed by atoms with Crippen LogP contribution >= 0.6 is 0 Å². The second-order valence-corrected chi connectivity index (χ2v) is 8.97. The molecule has 1 N–H and O–H groups in total. The lowest BCUT2D eigenvalue weighted by Gasteiger charge is -2.39. The predicted octanol–water partition coefficient (Wildman–Crippen LogP) is 0.533. The monoisotopic (exact) mass is 381 g/mol. The predicted molar refractivity (Wildman–Crippen MR) is 98.1 cm³/mol. The molecular weight excluding hydrogens is 354 g/mol. The van der Waals surface area contributed by atoms with Gasteiger partial charge in [0.05, 0.1) is 17.4 Å². The number of hydrogen-bond donors (Lipinski definition) is 1. The van der Waals surface area contributed by atoms with Crippen molar-refractivity contribution in [2.75, 3.05) is 39.9 Å². The standard InChI is InChI=1S/C18H27N3O4S/c1-14(13-25-2)18(22)19-10-16-12-21(15-8-9-20(16)11-15)26(23,24)17-6-4-3-5-7-17/h3-7,14-16H,8-13H2,1-2H3,(H,19,22)/t14-,15-,16+/m0/s1. The van der Waals surface area contributed by atoms with Gasteiger partial charge in [0.2, 0.25) is 15.9 Å². The van der Waals surface area contributed by atoms with E-state index in [-0.39, 0.29) is 23.9 Å². The third kappa shape index (κ3) is 3.93. The van der Waals surface area contributed by atoms with E-state index in [1.165, 1.54) is 0 Å². The third-order valence-corrected chi connectivity index (χ3v) is 7.17. The van der Waals surface area contributed by atoms with Crippen molar-refractivity contribution < 1.29 is 17.9 Å². The van der Waals surface area contributed by atoms with Gasteiger partial charge in [-0.3, -0.25) is 9.69 Å². The van der Waals surface area contributed by atoms with Crippen molar-refractivity contribution in [3.63, 3.8) is 0 Å². The number of piperazine rings is 1. The summed E-state index contributed by atoms with van der Waals surface area (Å²) in [5.74, 6) is -0.287. The van der Waals surface area contributed by atoms with Crippen LogP contribution < -0.4 is 5.32 Å². The summed E-state index contributed by atoms with van der Waals surface area (Å²) in [6.07, 6.45) is 0.830. The van der Waals surface area contributed by atoms with Crippen LogP contribution in [0.5, 0.6) is 0 Å². The first kappa shape index (κ1) is 19.3. The third-order valence-electron chi connectivity index (χ3n) is 5.24. The van der Waals surface area contributed by atoms with E-state index in [1.54, 1.807) is 35.7 Å². The van der Waals surface area contributed by atoms with Crippen LogP contribution in [0.1, 0.15) is 13.3 Å². The van der Waals surface area contributed by atoms with Crippen LogP contribution in [0.4, 0.5) is 0 Å². The maximum atomic E-state index is 13.1. The van der Waals surface area contributed by atoms with Crippen LogP contribution in [0.3, 0.4) is 0 Å². The molecule has 2 fully saturated rings. The number of ether oxygens (including phenoxy) is 1. The molecule has 2 aliphatic heterocycles. The summed E-state index contributed by atoms with van der Waals surface area (Å²) < 4.78 is 32.8. The molecule has 0 spiro atoms. The summed E-state index contributed by atoms with van der Waals surface area (Å²) in [7, 11) is -1.95. The Morgan fingerprint density at radius 2 is 2.04 bits per heavy atom. The van der Waals surface area contributed by atoms with Crippen molar-refractivity contribution in [1.29, 1.82) is 0 Å². The number of nitrogens with zero attached hydrogens (tertiary/aromatic N) is 2. The smallest absolute Gasteiger partial charge is 0.243 e. The Labute approximate surface area is 155 Å². The molecule has 0 aliphatic carbocycles. The number of carbonyl (C=O) groups is 1. The molecule has 2 heterocycles. The minimum Gasteiger partial charge on any atom is -0.384 e. The Morgan fingerprint density at radius 1 is 1.31 bits per heavy atom. The van der Waals surface area contributed by atoms with Crippen molar-refractivity contribution in [2.45, 2.75) is 30.3 Å². The van der Waals surface area contributed by atoms with Gasteiger partial charge in [-0.25, -0.2) is 8.42 Å². The Balaban J connectivity index is 1.69. The number of methoxy groups -OCH3 is 1. The second-order valence-electron chi connectivity index (χ2n) is 7.08. The zero-order valence-electron chi connectivity index (χ0n) is 15.3. The Bertz CT molecular complexity index is 725. The number of rotatable bonds is 7. The van der Waals surface area contributed by atoms with Crippen LogP contribution in [0.2, 0.25) is 0 Å². The van der Waals surface area contributed by atoms with Crippen molar-refractivity contribution >= 4 is 15.9 Å². The fourth-order valence-corrected chi connectivity index (χ4v) is 5.45. The SMILES string of the molecule is COC[C@H](C)C(=O)NC[C@@H]1CN(S(=O)(=O)c2ccccc2)[C@H]2CCN1C2. The molecule has 0 radical (unpaired) electrons. The van der Waals surface area contributed by atoms with Gasteiger partial charge in [0.25, 0.3) is 0 Å². The van der Waals surface area contributed by atoms with Crippen molar-refractivity contribution in [3.8, 4) is 0 Å². The Morgan fingerprint density at radius 3 is 2.73 bits per heavy atom. The molecule has 144 valence electrons. The number of sulfonamides is 1. The molecule has 0 saturated carbocycles. The Kier molecular flexibility index (Phi) is 5.96. The quantitative estimate of drug-likeness (QED) is 0.746. The fourth-order valence-electron chi connectivity index (χ4n) is 3.74. The highest BCUT2D eigenvalue weighted by atomic mass is 32.2. The minimum absolute atomic E-state index is 0.00840. The lowest BCUT2D eigenvalue weighted by Crippen LogP contribution is -2.57. The molecule has 0 aromatic heterocycles. The molecule has 1 aromatic rings. The van der Waals surface area contributed by atoms with E-state index in [1.807, 2.05) is 13.0 Å². The van der Waals surface area contributed by atoms with Gasteiger partial charge in [0.1, 0.15) is 0 Å². The summed E-state index contributed by atoms with van der Waals surface area (Å²) in [6, 6.07) is 8.58. The molecule has 2 bridgehead atoms. The van der Waals surface area contributed by atoms with Crippen LogP contribution in [0, 0.1) is 5.92 Å². The summed E-state index contributed by atoms with van der Waals surface area (Å²) in [4.78, 5) is 14.8. The van der Waals surface area contributed by atoms with E-state index in [4.69, 9.17) is 4.74 Å². The topological polar surface area (TPSA) is 79.0 Å². The summed E-state index contributed by atoms with van der Waals surface area (Å²) in [5.41, 5.74) is 0. The van der Waals surface area contributed by atoms with Crippen molar-refractivity contribution in [1.82, 2.24) is 14.5 Å². The molecule has 7 nitrogen and oxygen atoms in total. The number of amides is 1. The van der Waals surface area contributed by atoms with Gasteiger partial charge in [-0.1, -0.05) is 25.1 Å². The van der Waals surface area contributed by atoms with Crippen molar-refractivity contribution in [2.24, 2.45) is 5.92 Å². The number of fused-ring (bicyclic) bond motifs is 2. The molecule has 1 aromatic carbocycles. The van der Waals surface area contributed by atoms with Gasteiger partial charge >= 0.3 is 0 Å². The molecule has 26 heavy (non-hydrogen) atoms. The molecule has 1 unspecified atom stereocenters. The van der Waals surface area contributed by atoms with Crippen LogP contribution in [-0.4, -0.2) is 75.5 Å². The largest absolute Gasteiger partial charge is 0.384 e. The highest BCUT2D eigenvalue weighted by Crippen LogP contribution is 2.29. The van der Waals surface area contributed by atoms with Crippen molar-refractivity contribution in [3.05, 3.63) is 30.3 Å². The highest BCUT2D eigenvalue weighted by Gasteiger charge is 2.44. The van der Waals surface area contributed by atoms with Gasteiger partial charge in [0, 0.05) is 45.4 Å². The lowest BCUT2D eigenvalue weighted by molar-refractivity contribution is -0.126. The zero-order chi connectivity index (χ0) is 18.7. The normalized spacial score (nSPS) is 27.2. The lowest BCUT2D eigenvalue weighted by atomic mass is 10.1. The van der Waals surface area contributed by atoms with E-state index < -0.39 is 10.0 Å². The first-order valence-corrected chi connectivity index (χ1v) is 10.4. The van der Waals surface area contributed by atoms with Gasteiger partial charge in [-0.05, 0) is 18.6 Å². The van der Waals surface area contributed by atoms with Gasteiger partial charge in [0.15, 0.2) is 0 Å². The molecule has 3 rings (SSSR count). The van der Waals surface area contributed by atoms with Crippen LogP contribution in [0.15, 0.2) is 35.2 Å². The summed E-state index contributed by atoms with van der Waals surface area (Å²) in [5, 5.41) is 2.95. The molecule has 1 amide bonds. The van der Waals surface area contributed by atoms with E-state index in [9.17, 15) is 13.2 Å². The number of nitrogens with one attached hydrogen (secondary N) is 1. The summed E-state index contributed by atoms with van der Waals surface area (Å²) in [6.45, 7) is 4.62. The second kappa shape index (κ2) is 8.04. The molecule has 2 saturated heterocycles. The molecule has 8 heteroatoms. The average molecular weight is 381 g/mol. The fraction of sp³-hybridized carbons (Fsp3) is 0.611. The maximum absolute atomic E-state index is 13.1. The van der Waals surface area contributed by atoms with E-state index in [0.29, 0.717) is 24.6 Å². The first-order chi connectivity index (χ1) is 12.4. The van der Waals surface area contributed by atoms with Gasteiger partial charge in [-0.15, -0.1) is 0 Å². The van der Waals surface area contributed by atoms with Gasteiger partial charge in [-0.2, -0.15) is 4.31 Å². The first-order valence-electron chi connectivity index (χ1n) is 9.01. The van der Waals surface area contributed by atoms with Crippen LogP contribution in [0.25, 0.3) is 0 Å². The van der Waals surface area contributed by atoms with E-state index >= 15 is 0 Å². The average Bonchev–Trinajstić information content (AvgIpc) is 3.05. The summed E-state index contributed by atoms with van der Waals surface area (Å²) >= 11 is 0. The minimum atomic E-state index is -3.52. The number of hydrogen-bond acceptors (Lipinski definition) is 5. The number of benzene rings is 1. The Hall–Kier alpha value is -1.48. The molecular formula is C18H27N3O4S. The zero-order valence-corrected chi connectivity index (χ0v) is 16.1. The molecule has 2 aliphatic rings. The van der Waals surface area contributed by atoms with Crippen LogP contribution in [-0.2, 0) is 19.6 Å².